The SMILES string of the molecule is CNC(Cc1ccc(Br)cn1)C1CCSC1. The van der Waals surface area contributed by atoms with Crippen molar-refractivity contribution in [3.05, 3.63) is 28.5 Å². The molecule has 0 radical (unpaired) electrons. The Bertz CT molecular complexity index is 322. The smallest absolute Gasteiger partial charge is 0.0420 e. The summed E-state index contributed by atoms with van der Waals surface area (Å²) < 4.78 is 1.05. The summed E-state index contributed by atoms with van der Waals surface area (Å²) in [5, 5.41) is 3.44. The number of hydrogen-bond donors (Lipinski definition) is 1. The fraction of sp³-hybridized carbons (Fsp3) is 0.583. The van der Waals surface area contributed by atoms with Gasteiger partial charge in [0, 0.05) is 28.8 Å². The fourth-order valence-corrected chi connectivity index (χ4v) is 3.70. The lowest BCUT2D eigenvalue weighted by Crippen LogP contribution is -2.35. The standard InChI is InChI=1S/C12H17BrN2S/c1-14-12(9-4-5-16-8-9)6-11-3-2-10(13)7-15-11/h2-3,7,9,12,14H,4-6,8H2,1H3. The lowest BCUT2D eigenvalue weighted by molar-refractivity contribution is 0.401. The van der Waals surface area contributed by atoms with E-state index in [-0.39, 0.29) is 0 Å². The molecule has 4 heteroatoms. The van der Waals surface area contributed by atoms with Crippen molar-refractivity contribution in [1.29, 1.82) is 0 Å². The first-order valence-corrected chi connectivity index (χ1v) is 7.60. The molecule has 16 heavy (non-hydrogen) atoms. The minimum Gasteiger partial charge on any atom is -0.316 e. The van der Waals surface area contributed by atoms with E-state index in [0.717, 1.165) is 16.8 Å². The van der Waals surface area contributed by atoms with Crippen molar-refractivity contribution in [1.82, 2.24) is 10.3 Å². The van der Waals surface area contributed by atoms with Crippen molar-refractivity contribution in [3.63, 3.8) is 0 Å². The van der Waals surface area contributed by atoms with E-state index in [1.807, 2.05) is 6.20 Å². The molecule has 0 bridgehead atoms. The van der Waals surface area contributed by atoms with E-state index in [0.29, 0.717) is 6.04 Å². The lowest BCUT2D eigenvalue weighted by atomic mass is 9.95. The van der Waals surface area contributed by atoms with Crippen molar-refractivity contribution >= 4 is 27.7 Å². The predicted molar refractivity (Wildman–Crippen MR) is 73.9 cm³/mol. The van der Waals surface area contributed by atoms with E-state index in [9.17, 15) is 0 Å². The van der Waals surface area contributed by atoms with Gasteiger partial charge in [-0.1, -0.05) is 0 Å². The van der Waals surface area contributed by atoms with Gasteiger partial charge in [-0.25, -0.2) is 0 Å². The van der Waals surface area contributed by atoms with Gasteiger partial charge in [0.1, 0.15) is 0 Å². The Kier molecular flexibility index (Phi) is 4.67. The van der Waals surface area contributed by atoms with Crippen molar-refractivity contribution in [3.8, 4) is 0 Å². The van der Waals surface area contributed by atoms with E-state index in [2.05, 4.69) is 57.2 Å². The van der Waals surface area contributed by atoms with Crippen LogP contribution in [-0.2, 0) is 6.42 Å². The number of hydrogen-bond acceptors (Lipinski definition) is 3. The molecule has 88 valence electrons. The molecular weight excluding hydrogens is 284 g/mol. The third-order valence-electron chi connectivity index (χ3n) is 3.12. The molecule has 2 unspecified atom stereocenters. The van der Waals surface area contributed by atoms with Crippen LogP contribution in [0.1, 0.15) is 12.1 Å². The van der Waals surface area contributed by atoms with Crippen LogP contribution in [0.4, 0.5) is 0 Å². The zero-order chi connectivity index (χ0) is 11.4. The summed E-state index contributed by atoms with van der Waals surface area (Å²) in [6.07, 6.45) is 4.26. The number of nitrogens with zero attached hydrogens (tertiary/aromatic N) is 1. The lowest BCUT2D eigenvalue weighted by Gasteiger charge is -2.21. The van der Waals surface area contributed by atoms with Crippen molar-refractivity contribution < 1.29 is 0 Å². The molecule has 1 N–H and O–H groups in total. The summed E-state index contributed by atoms with van der Waals surface area (Å²) in [7, 11) is 2.06. The van der Waals surface area contributed by atoms with Gasteiger partial charge in [-0.15, -0.1) is 0 Å². The summed E-state index contributed by atoms with van der Waals surface area (Å²) in [4.78, 5) is 4.44. The van der Waals surface area contributed by atoms with Crippen LogP contribution in [0.15, 0.2) is 22.8 Å². The molecule has 1 aliphatic rings. The van der Waals surface area contributed by atoms with E-state index in [4.69, 9.17) is 0 Å². The third kappa shape index (κ3) is 3.22. The highest BCUT2D eigenvalue weighted by atomic mass is 79.9. The predicted octanol–water partition coefficient (Wildman–Crippen LogP) is 2.73. The number of pyridine rings is 1. The summed E-state index contributed by atoms with van der Waals surface area (Å²) >= 11 is 5.48. The number of halogens is 1. The molecule has 0 aromatic carbocycles. The van der Waals surface area contributed by atoms with E-state index >= 15 is 0 Å². The van der Waals surface area contributed by atoms with Crippen LogP contribution >= 0.6 is 27.7 Å². The molecule has 2 heterocycles. The third-order valence-corrected chi connectivity index (χ3v) is 4.78. The zero-order valence-corrected chi connectivity index (χ0v) is 11.9. The highest BCUT2D eigenvalue weighted by molar-refractivity contribution is 9.10. The van der Waals surface area contributed by atoms with Gasteiger partial charge in [-0.3, -0.25) is 4.98 Å². The van der Waals surface area contributed by atoms with E-state index in [1.54, 1.807) is 0 Å². The molecular formula is C12H17BrN2S. The molecule has 0 aliphatic carbocycles. The molecule has 2 atom stereocenters. The molecule has 2 nitrogen and oxygen atoms in total. The highest BCUT2D eigenvalue weighted by Gasteiger charge is 2.24. The molecule has 2 rings (SSSR count). The second-order valence-electron chi connectivity index (χ2n) is 4.19. The van der Waals surface area contributed by atoms with Crippen molar-refractivity contribution in [2.75, 3.05) is 18.6 Å². The van der Waals surface area contributed by atoms with Crippen LogP contribution in [-0.4, -0.2) is 29.6 Å². The van der Waals surface area contributed by atoms with Gasteiger partial charge < -0.3 is 5.32 Å². The van der Waals surface area contributed by atoms with Gasteiger partial charge in [-0.05, 0) is 59.0 Å². The molecule has 1 aliphatic heterocycles. The van der Waals surface area contributed by atoms with Gasteiger partial charge in [0.2, 0.25) is 0 Å². The second-order valence-corrected chi connectivity index (χ2v) is 6.26. The molecule has 1 saturated heterocycles. The van der Waals surface area contributed by atoms with Crippen LogP contribution < -0.4 is 5.32 Å². The van der Waals surface area contributed by atoms with Crippen LogP contribution in [0.3, 0.4) is 0 Å². The van der Waals surface area contributed by atoms with Crippen LogP contribution in [0.25, 0.3) is 0 Å². The Balaban J connectivity index is 1.97. The highest BCUT2D eigenvalue weighted by Crippen LogP contribution is 2.27. The van der Waals surface area contributed by atoms with Gasteiger partial charge in [0.05, 0.1) is 0 Å². The largest absolute Gasteiger partial charge is 0.316 e. The summed E-state index contributed by atoms with van der Waals surface area (Å²) in [5.41, 5.74) is 1.18. The van der Waals surface area contributed by atoms with Crippen molar-refractivity contribution in [2.24, 2.45) is 5.92 Å². The van der Waals surface area contributed by atoms with Gasteiger partial charge in [0.25, 0.3) is 0 Å². The Hall–Kier alpha value is -0.0600. The molecule has 1 aromatic rings. The monoisotopic (exact) mass is 300 g/mol. The molecule has 0 spiro atoms. The summed E-state index contributed by atoms with van der Waals surface area (Å²) in [5.74, 6) is 3.42. The van der Waals surface area contributed by atoms with Gasteiger partial charge in [-0.2, -0.15) is 11.8 Å². The first-order valence-electron chi connectivity index (χ1n) is 5.65. The number of likely N-dealkylation sites (N-methyl/N-ethyl adjacent to an activating group) is 1. The number of rotatable bonds is 4. The zero-order valence-electron chi connectivity index (χ0n) is 9.45. The quantitative estimate of drug-likeness (QED) is 0.925. The van der Waals surface area contributed by atoms with Crippen LogP contribution in [0, 0.1) is 5.92 Å². The van der Waals surface area contributed by atoms with E-state index < -0.39 is 0 Å². The maximum absolute atomic E-state index is 4.44. The number of aromatic nitrogens is 1. The van der Waals surface area contributed by atoms with Gasteiger partial charge >= 0.3 is 0 Å². The van der Waals surface area contributed by atoms with Crippen LogP contribution in [0.2, 0.25) is 0 Å². The van der Waals surface area contributed by atoms with Gasteiger partial charge in [0.15, 0.2) is 0 Å². The van der Waals surface area contributed by atoms with Crippen LogP contribution in [0.5, 0.6) is 0 Å². The minimum atomic E-state index is 0.573. The average Bonchev–Trinajstić information content (AvgIpc) is 2.82. The minimum absolute atomic E-state index is 0.573. The maximum atomic E-state index is 4.44. The maximum Gasteiger partial charge on any atom is 0.0420 e. The Labute approximate surface area is 110 Å². The molecule has 0 saturated carbocycles. The first-order chi connectivity index (χ1) is 7.79. The molecule has 1 fully saturated rings. The topological polar surface area (TPSA) is 24.9 Å². The normalized spacial score (nSPS) is 22.2. The number of thioether (sulfide) groups is 1. The molecule has 1 aromatic heterocycles. The Morgan fingerprint density at radius 1 is 1.62 bits per heavy atom. The summed E-state index contributed by atoms with van der Waals surface area (Å²) in [6, 6.07) is 4.75. The second kappa shape index (κ2) is 6.03. The number of nitrogens with one attached hydrogen (secondary N) is 1. The first kappa shape index (κ1) is 12.4. The van der Waals surface area contributed by atoms with Crippen molar-refractivity contribution in [2.45, 2.75) is 18.9 Å². The molecule has 0 amide bonds. The Morgan fingerprint density at radius 2 is 2.50 bits per heavy atom. The fourth-order valence-electron chi connectivity index (χ4n) is 2.13. The summed E-state index contributed by atoms with van der Waals surface area (Å²) in [6.45, 7) is 0. The average molecular weight is 301 g/mol. The van der Waals surface area contributed by atoms with E-state index in [1.165, 1.54) is 23.6 Å². The Morgan fingerprint density at radius 3 is 3.06 bits per heavy atom.